The van der Waals surface area contributed by atoms with Gasteiger partial charge in [-0.3, -0.25) is 0 Å². The minimum Gasteiger partial charge on any atom is -0.388 e. The van der Waals surface area contributed by atoms with Gasteiger partial charge in [-0.25, -0.2) is 0 Å². The molecule has 19 heavy (non-hydrogen) atoms. The van der Waals surface area contributed by atoms with Gasteiger partial charge in [-0.2, -0.15) is 0 Å². The second-order valence-corrected chi connectivity index (χ2v) is 6.36. The third kappa shape index (κ3) is 1.76. The van der Waals surface area contributed by atoms with Crippen LogP contribution in [-0.4, -0.2) is 41.8 Å². The van der Waals surface area contributed by atoms with Crippen LogP contribution in [-0.2, 0) is 6.42 Å². The summed E-state index contributed by atoms with van der Waals surface area (Å²) in [6, 6.07) is 8.76. The van der Waals surface area contributed by atoms with Crippen LogP contribution in [0.1, 0.15) is 30.0 Å². The lowest BCUT2D eigenvalue weighted by Gasteiger charge is -2.46. The maximum absolute atomic E-state index is 11.3. The third-order valence-corrected chi connectivity index (χ3v) is 5.42. The van der Waals surface area contributed by atoms with Crippen molar-refractivity contribution < 1.29 is 5.11 Å². The summed E-state index contributed by atoms with van der Waals surface area (Å²) < 4.78 is 0. The molecule has 1 aromatic carbocycles. The molecule has 0 amide bonds. The van der Waals surface area contributed by atoms with E-state index in [4.69, 9.17) is 0 Å². The van der Waals surface area contributed by atoms with E-state index in [1.54, 1.807) is 0 Å². The third-order valence-electron chi connectivity index (χ3n) is 5.42. The summed E-state index contributed by atoms with van der Waals surface area (Å²) in [4.78, 5) is 2.49. The first-order valence-electron chi connectivity index (χ1n) is 7.53. The Bertz CT molecular complexity index is 489. The predicted octanol–water partition coefficient (Wildman–Crippen LogP) is 1.33. The zero-order chi connectivity index (χ0) is 12.9. The molecule has 3 aliphatic heterocycles. The van der Waals surface area contributed by atoms with E-state index >= 15 is 0 Å². The van der Waals surface area contributed by atoms with Crippen LogP contribution in [0, 0.1) is 5.92 Å². The zero-order valence-electron chi connectivity index (χ0n) is 11.3. The highest BCUT2D eigenvalue weighted by Crippen LogP contribution is 2.44. The lowest BCUT2D eigenvalue weighted by Crippen LogP contribution is -2.55. The van der Waals surface area contributed by atoms with Crippen LogP contribution in [0.2, 0.25) is 0 Å². The van der Waals surface area contributed by atoms with Crippen LogP contribution in [0.25, 0.3) is 0 Å². The van der Waals surface area contributed by atoms with E-state index in [0.29, 0.717) is 5.92 Å². The molecule has 4 rings (SSSR count). The molecule has 2 bridgehead atoms. The average Bonchev–Trinajstić information content (AvgIpc) is 2.88. The molecule has 0 saturated carbocycles. The molecule has 2 N–H and O–H groups in total. The van der Waals surface area contributed by atoms with E-state index in [2.05, 4.69) is 34.5 Å². The van der Waals surface area contributed by atoms with Crippen molar-refractivity contribution in [1.29, 1.82) is 0 Å². The molecule has 4 unspecified atom stereocenters. The number of benzene rings is 1. The Kier molecular flexibility index (Phi) is 2.69. The minimum absolute atomic E-state index is 0.127. The number of rotatable bonds is 1. The number of fused-ring (bicyclic) bond motifs is 3. The largest absolute Gasteiger partial charge is 0.388 e. The van der Waals surface area contributed by atoms with Gasteiger partial charge in [0, 0.05) is 19.0 Å². The first-order valence-corrected chi connectivity index (χ1v) is 7.53. The molecule has 4 atom stereocenters. The second-order valence-electron chi connectivity index (χ2n) is 6.36. The fourth-order valence-corrected chi connectivity index (χ4v) is 4.32. The van der Waals surface area contributed by atoms with Crippen molar-refractivity contribution in [2.24, 2.45) is 5.92 Å². The maximum atomic E-state index is 11.3. The SMILES string of the molecule is OC1(C2NCCc3ccccc32)CCN2CCC1C2. The average molecular weight is 258 g/mol. The van der Waals surface area contributed by atoms with Gasteiger partial charge in [0.2, 0.25) is 0 Å². The molecule has 2 saturated heterocycles. The highest BCUT2D eigenvalue weighted by Gasteiger charge is 2.50. The van der Waals surface area contributed by atoms with Crippen LogP contribution in [0.15, 0.2) is 24.3 Å². The van der Waals surface area contributed by atoms with Gasteiger partial charge in [0.25, 0.3) is 0 Å². The van der Waals surface area contributed by atoms with E-state index in [1.165, 1.54) is 17.7 Å². The quantitative estimate of drug-likeness (QED) is 0.798. The molecule has 3 aliphatic rings. The van der Waals surface area contributed by atoms with Crippen molar-refractivity contribution in [2.45, 2.75) is 30.9 Å². The van der Waals surface area contributed by atoms with Crippen molar-refractivity contribution in [3.05, 3.63) is 35.4 Å². The van der Waals surface area contributed by atoms with E-state index in [-0.39, 0.29) is 6.04 Å². The number of piperidine rings is 1. The Morgan fingerprint density at radius 1 is 1.26 bits per heavy atom. The fraction of sp³-hybridized carbons (Fsp3) is 0.625. The number of hydrogen-bond acceptors (Lipinski definition) is 3. The van der Waals surface area contributed by atoms with Crippen LogP contribution >= 0.6 is 0 Å². The summed E-state index contributed by atoms with van der Waals surface area (Å²) in [5.74, 6) is 0.435. The number of nitrogens with zero attached hydrogens (tertiary/aromatic N) is 1. The fourth-order valence-electron chi connectivity index (χ4n) is 4.32. The van der Waals surface area contributed by atoms with Crippen LogP contribution in [0.5, 0.6) is 0 Å². The zero-order valence-corrected chi connectivity index (χ0v) is 11.3. The molecule has 0 radical (unpaired) electrons. The summed E-state index contributed by atoms with van der Waals surface area (Å²) in [7, 11) is 0. The highest BCUT2D eigenvalue weighted by atomic mass is 16.3. The molecule has 0 spiro atoms. The Morgan fingerprint density at radius 3 is 3.11 bits per heavy atom. The van der Waals surface area contributed by atoms with E-state index in [9.17, 15) is 5.11 Å². The standard InChI is InChI=1S/C16H22N2O/c19-16(7-10-18-9-6-13(16)11-18)15-14-4-2-1-3-12(14)5-8-17-15/h1-4,13,15,17,19H,5-11H2. The molecular weight excluding hydrogens is 236 g/mol. The van der Waals surface area contributed by atoms with Gasteiger partial charge in [-0.05, 0) is 43.5 Å². The second kappa shape index (κ2) is 4.30. The summed E-state index contributed by atoms with van der Waals surface area (Å²) >= 11 is 0. The molecule has 0 aromatic heterocycles. The van der Waals surface area contributed by atoms with Crippen molar-refractivity contribution in [3.8, 4) is 0 Å². The molecule has 3 nitrogen and oxygen atoms in total. The predicted molar refractivity (Wildman–Crippen MR) is 75.0 cm³/mol. The van der Waals surface area contributed by atoms with Crippen LogP contribution in [0.3, 0.4) is 0 Å². The first kappa shape index (κ1) is 11.9. The van der Waals surface area contributed by atoms with Crippen molar-refractivity contribution >= 4 is 0 Å². The minimum atomic E-state index is -0.552. The smallest absolute Gasteiger partial charge is 0.0894 e. The lowest BCUT2D eigenvalue weighted by molar-refractivity contribution is -0.0762. The van der Waals surface area contributed by atoms with Crippen LogP contribution < -0.4 is 5.32 Å². The van der Waals surface area contributed by atoms with Gasteiger partial charge >= 0.3 is 0 Å². The summed E-state index contributed by atoms with van der Waals surface area (Å²) in [6.45, 7) is 4.28. The molecule has 2 fully saturated rings. The monoisotopic (exact) mass is 258 g/mol. The van der Waals surface area contributed by atoms with E-state index in [0.717, 1.165) is 38.9 Å². The van der Waals surface area contributed by atoms with E-state index in [1.807, 2.05) is 0 Å². The molecule has 1 aromatic rings. The first-order chi connectivity index (χ1) is 9.27. The molecule has 0 aliphatic carbocycles. The van der Waals surface area contributed by atoms with Crippen molar-refractivity contribution in [3.63, 3.8) is 0 Å². The summed E-state index contributed by atoms with van der Waals surface area (Å²) in [6.07, 6.45) is 3.14. The van der Waals surface area contributed by atoms with Gasteiger partial charge in [-0.1, -0.05) is 24.3 Å². The van der Waals surface area contributed by atoms with E-state index < -0.39 is 5.60 Å². The van der Waals surface area contributed by atoms with Gasteiger partial charge in [0.05, 0.1) is 11.6 Å². The van der Waals surface area contributed by atoms with Crippen LogP contribution in [0.4, 0.5) is 0 Å². The Labute approximate surface area is 114 Å². The normalized spacial score (nSPS) is 41.0. The Balaban J connectivity index is 1.72. The molecular formula is C16H22N2O. The summed E-state index contributed by atoms with van der Waals surface area (Å²) in [5.41, 5.74) is 2.19. The number of hydrogen-bond donors (Lipinski definition) is 2. The molecule has 102 valence electrons. The lowest BCUT2D eigenvalue weighted by atomic mass is 9.72. The maximum Gasteiger partial charge on any atom is 0.0894 e. The van der Waals surface area contributed by atoms with Gasteiger partial charge < -0.3 is 15.3 Å². The van der Waals surface area contributed by atoms with Crippen molar-refractivity contribution in [2.75, 3.05) is 26.2 Å². The highest BCUT2D eigenvalue weighted by molar-refractivity contribution is 5.35. The molecule has 3 heterocycles. The number of nitrogens with one attached hydrogen (secondary N) is 1. The topological polar surface area (TPSA) is 35.5 Å². The summed E-state index contributed by atoms with van der Waals surface area (Å²) in [5, 5.41) is 14.9. The Morgan fingerprint density at radius 2 is 2.16 bits per heavy atom. The van der Waals surface area contributed by atoms with Crippen molar-refractivity contribution in [1.82, 2.24) is 10.2 Å². The van der Waals surface area contributed by atoms with Gasteiger partial charge in [0.15, 0.2) is 0 Å². The van der Waals surface area contributed by atoms with Gasteiger partial charge in [0.1, 0.15) is 0 Å². The van der Waals surface area contributed by atoms with Gasteiger partial charge in [-0.15, -0.1) is 0 Å². The Hall–Kier alpha value is -0.900. The molecule has 3 heteroatoms. The number of aliphatic hydroxyl groups is 1.